The molecule has 2 unspecified atom stereocenters. The van der Waals surface area contributed by atoms with E-state index in [2.05, 4.69) is 45.9 Å². The van der Waals surface area contributed by atoms with Crippen LogP contribution >= 0.6 is 11.6 Å². The van der Waals surface area contributed by atoms with Gasteiger partial charge in [0.2, 0.25) is 0 Å². The Morgan fingerprint density at radius 1 is 0.875 bits per heavy atom. The van der Waals surface area contributed by atoms with E-state index in [1.54, 1.807) is 6.08 Å². The first-order valence-corrected chi connectivity index (χ1v) is 14.7. The molecule has 1 aliphatic rings. The number of allylic oxidation sites excluding steroid dienone is 13. The summed E-state index contributed by atoms with van der Waals surface area (Å²) in [4.78, 5) is 20.7. The summed E-state index contributed by atoms with van der Waals surface area (Å²) in [7, 11) is 0. The van der Waals surface area contributed by atoms with Crippen LogP contribution in [0.1, 0.15) is 92.4 Å². The Morgan fingerprint density at radius 3 is 2.08 bits per heavy atom. The van der Waals surface area contributed by atoms with Crippen molar-refractivity contribution in [2.75, 3.05) is 0 Å². The van der Waals surface area contributed by atoms with Crippen LogP contribution in [0.25, 0.3) is 0 Å². The first-order valence-electron chi connectivity index (χ1n) is 14.4. The van der Waals surface area contributed by atoms with Gasteiger partial charge in [0.05, 0.1) is 12.0 Å². The highest BCUT2D eigenvalue weighted by Gasteiger charge is 2.19. The molecule has 0 radical (unpaired) electrons. The predicted octanol–water partition coefficient (Wildman–Crippen LogP) is 9.18. The molecule has 0 bridgehead atoms. The van der Waals surface area contributed by atoms with Gasteiger partial charge in [-0.2, -0.15) is 0 Å². The quantitative estimate of drug-likeness (QED) is 0.142. The van der Waals surface area contributed by atoms with Crippen LogP contribution in [0.4, 0.5) is 0 Å². The van der Waals surface area contributed by atoms with Crippen LogP contribution in [-0.2, 0) is 9.59 Å². The van der Waals surface area contributed by atoms with Gasteiger partial charge < -0.3 is 15.3 Å². The van der Waals surface area contributed by atoms with Crippen molar-refractivity contribution in [3.05, 3.63) is 83.5 Å². The second-order valence-corrected chi connectivity index (χ2v) is 11.9. The summed E-state index contributed by atoms with van der Waals surface area (Å²) >= 11 is 6.37. The standard InChI is InChI=1S/C27H39ClO3.C7H12O2/c1-22(15-10-12-18-26(30)31)14-9-11-17-25(28)23(2)19-20-24(29)16-8-6-7-13-21-27(3,4)5;8-7(9)6-4-2-1-3-5-6/h6-7,9-15,17-18,21,23-24,29H,8,16,19-20H2,1-5H3,(H,30,31);6H,1-5H2,(H,8,9)/b7-6+,11-9+,15-10+,18-12+,21-13+,22-14+,25-17-;. The van der Waals surface area contributed by atoms with Gasteiger partial charge >= 0.3 is 11.9 Å². The summed E-state index contributed by atoms with van der Waals surface area (Å²) in [5.74, 6) is -1.40. The Balaban J connectivity index is 0.00000141. The van der Waals surface area contributed by atoms with E-state index in [0.717, 1.165) is 68.0 Å². The molecule has 0 aliphatic heterocycles. The lowest BCUT2D eigenvalue weighted by Crippen LogP contribution is -2.16. The molecule has 0 aromatic carbocycles. The van der Waals surface area contributed by atoms with E-state index < -0.39 is 11.9 Å². The number of rotatable bonds is 14. The number of aliphatic carboxylic acids is 2. The van der Waals surface area contributed by atoms with E-state index in [4.69, 9.17) is 21.8 Å². The largest absolute Gasteiger partial charge is 0.481 e. The van der Waals surface area contributed by atoms with E-state index in [1.165, 1.54) is 12.5 Å². The molecule has 6 heteroatoms. The molecule has 1 aliphatic carbocycles. The molecular formula is C34H51ClO5. The number of hydrogen-bond donors (Lipinski definition) is 3. The molecule has 3 N–H and O–H groups in total. The van der Waals surface area contributed by atoms with Crippen LogP contribution in [0, 0.1) is 17.3 Å². The molecule has 0 saturated heterocycles. The summed E-state index contributed by atoms with van der Waals surface area (Å²) in [5.41, 5.74) is 1.18. The lowest BCUT2D eigenvalue weighted by atomic mass is 9.90. The highest BCUT2D eigenvalue weighted by Crippen LogP contribution is 2.23. The van der Waals surface area contributed by atoms with Crippen molar-refractivity contribution in [3.63, 3.8) is 0 Å². The average Bonchev–Trinajstić information content (AvgIpc) is 2.89. The molecule has 224 valence electrons. The highest BCUT2D eigenvalue weighted by molar-refractivity contribution is 6.29. The first-order chi connectivity index (χ1) is 18.8. The lowest BCUT2D eigenvalue weighted by Gasteiger charge is -2.16. The Hall–Kier alpha value is -2.63. The third kappa shape index (κ3) is 23.3. The van der Waals surface area contributed by atoms with E-state index in [0.29, 0.717) is 0 Å². The molecule has 40 heavy (non-hydrogen) atoms. The van der Waals surface area contributed by atoms with Gasteiger partial charge in [0.1, 0.15) is 0 Å². The molecule has 0 aromatic rings. The van der Waals surface area contributed by atoms with E-state index in [-0.39, 0.29) is 23.4 Å². The van der Waals surface area contributed by atoms with Gasteiger partial charge in [-0.05, 0) is 62.9 Å². The van der Waals surface area contributed by atoms with Crippen molar-refractivity contribution >= 4 is 23.5 Å². The van der Waals surface area contributed by atoms with Gasteiger partial charge in [-0.25, -0.2) is 4.79 Å². The monoisotopic (exact) mass is 574 g/mol. The fourth-order valence-corrected chi connectivity index (χ4v) is 3.98. The number of halogens is 1. The molecule has 0 amide bonds. The maximum absolute atomic E-state index is 10.4. The lowest BCUT2D eigenvalue weighted by molar-refractivity contribution is -0.142. The van der Waals surface area contributed by atoms with Crippen LogP contribution in [0.15, 0.2) is 83.5 Å². The molecule has 1 saturated carbocycles. The zero-order chi connectivity index (χ0) is 30.4. The second-order valence-electron chi connectivity index (χ2n) is 11.4. The van der Waals surface area contributed by atoms with Gasteiger partial charge in [0.25, 0.3) is 0 Å². The minimum absolute atomic E-state index is 0.0289. The third-order valence-electron chi connectivity index (χ3n) is 6.30. The Bertz CT molecular complexity index is 938. The molecule has 5 nitrogen and oxygen atoms in total. The molecule has 2 atom stereocenters. The van der Waals surface area contributed by atoms with Crippen molar-refractivity contribution in [1.82, 2.24) is 0 Å². The number of carboxylic acids is 2. The van der Waals surface area contributed by atoms with Crippen molar-refractivity contribution in [1.29, 1.82) is 0 Å². The molecular weight excluding hydrogens is 524 g/mol. The molecule has 0 spiro atoms. The van der Waals surface area contributed by atoms with Crippen molar-refractivity contribution in [3.8, 4) is 0 Å². The summed E-state index contributed by atoms with van der Waals surface area (Å²) < 4.78 is 0. The van der Waals surface area contributed by atoms with Crippen LogP contribution in [0.5, 0.6) is 0 Å². The van der Waals surface area contributed by atoms with Crippen molar-refractivity contribution < 1.29 is 24.9 Å². The van der Waals surface area contributed by atoms with Crippen molar-refractivity contribution in [2.24, 2.45) is 17.3 Å². The maximum atomic E-state index is 10.4. The number of aliphatic hydroxyl groups excluding tert-OH is 1. The fourth-order valence-electron chi connectivity index (χ4n) is 3.80. The fraction of sp³-hybridized carbons (Fsp3) is 0.529. The molecule has 1 rings (SSSR count). The normalized spacial score (nSPS) is 17.7. The van der Waals surface area contributed by atoms with E-state index in [1.807, 2.05) is 43.4 Å². The Kier molecular flexibility index (Phi) is 20.7. The zero-order valence-electron chi connectivity index (χ0n) is 25.1. The van der Waals surface area contributed by atoms with Gasteiger partial charge in [0, 0.05) is 11.1 Å². The van der Waals surface area contributed by atoms with Crippen molar-refractivity contribution in [2.45, 2.75) is 98.5 Å². The summed E-state index contributed by atoms with van der Waals surface area (Å²) in [5, 5.41) is 28.0. The first kappa shape index (κ1) is 37.4. The minimum atomic E-state index is -0.964. The van der Waals surface area contributed by atoms with Crippen LogP contribution < -0.4 is 0 Å². The summed E-state index contributed by atoms with van der Waals surface area (Å²) in [6.07, 6.45) is 30.1. The average molecular weight is 575 g/mol. The van der Waals surface area contributed by atoms with Gasteiger partial charge in [-0.3, -0.25) is 4.79 Å². The predicted molar refractivity (Wildman–Crippen MR) is 168 cm³/mol. The zero-order valence-corrected chi connectivity index (χ0v) is 25.8. The minimum Gasteiger partial charge on any atom is -0.481 e. The molecule has 0 heterocycles. The van der Waals surface area contributed by atoms with Gasteiger partial charge in [0.15, 0.2) is 0 Å². The second kappa shape index (κ2) is 22.1. The Morgan fingerprint density at radius 2 is 1.50 bits per heavy atom. The summed E-state index contributed by atoms with van der Waals surface area (Å²) in [6.45, 7) is 10.5. The van der Waals surface area contributed by atoms with Gasteiger partial charge in [-0.15, -0.1) is 0 Å². The van der Waals surface area contributed by atoms with Gasteiger partial charge in [-0.1, -0.05) is 125 Å². The third-order valence-corrected chi connectivity index (χ3v) is 6.80. The van der Waals surface area contributed by atoms with E-state index >= 15 is 0 Å². The number of hydrogen-bond acceptors (Lipinski definition) is 3. The number of carboxylic acid groups (broad SMARTS) is 2. The highest BCUT2D eigenvalue weighted by atomic mass is 35.5. The Labute approximate surface area is 247 Å². The van der Waals surface area contributed by atoms with Crippen LogP contribution in [0.2, 0.25) is 0 Å². The molecule has 1 fully saturated rings. The number of aliphatic hydroxyl groups is 1. The number of carbonyl (C=O) groups is 2. The SMILES string of the molecule is CC(/C=C/C=C/C(=O)O)=C\C=C\C=C(/Cl)C(C)CCC(O)CC/C=C/C=C/C(C)(C)C.O=C(O)C1CCCCC1. The van der Waals surface area contributed by atoms with E-state index in [9.17, 15) is 14.7 Å². The van der Waals surface area contributed by atoms with Crippen LogP contribution in [-0.4, -0.2) is 33.4 Å². The van der Waals surface area contributed by atoms with Crippen LogP contribution in [0.3, 0.4) is 0 Å². The topological polar surface area (TPSA) is 94.8 Å². The molecule has 0 aromatic heterocycles. The summed E-state index contributed by atoms with van der Waals surface area (Å²) in [6, 6.07) is 0. The maximum Gasteiger partial charge on any atom is 0.328 e. The smallest absolute Gasteiger partial charge is 0.328 e.